The number of amides is 1. The van der Waals surface area contributed by atoms with Gasteiger partial charge in [0.15, 0.2) is 0 Å². The van der Waals surface area contributed by atoms with Gasteiger partial charge in [-0.05, 0) is 19.4 Å². The van der Waals surface area contributed by atoms with E-state index in [4.69, 9.17) is 14.9 Å². The van der Waals surface area contributed by atoms with Crippen LogP contribution >= 0.6 is 0 Å². The minimum atomic E-state index is -1.45. The van der Waals surface area contributed by atoms with Crippen LogP contribution in [0.1, 0.15) is 26.7 Å². The van der Waals surface area contributed by atoms with E-state index in [1.165, 1.54) is 13.0 Å². The number of nitrogens with one attached hydrogen (secondary N) is 2. The molecule has 4 atom stereocenters. The van der Waals surface area contributed by atoms with Crippen molar-refractivity contribution >= 4 is 23.8 Å². The molecule has 1 amide bonds. The van der Waals surface area contributed by atoms with E-state index >= 15 is 0 Å². The molecule has 0 aromatic heterocycles. The summed E-state index contributed by atoms with van der Waals surface area (Å²) in [4.78, 5) is 45.3. The lowest BCUT2D eigenvalue weighted by Gasteiger charge is -2.36. The molecular formula is C15H22N2O8. The maximum atomic E-state index is 11.9. The third-order valence-corrected chi connectivity index (χ3v) is 3.61. The first-order valence-corrected chi connectivity index (χ1v) is 7.69. The monoisotopic (exact) mass is 358 g/mol. The van der Waals surface area contributed by atoms with Crippen molar-refractivity contribution in [2.24, 2.45) is 0 Å². The summed E-state index contributed by atoms with van der Waals surface area (Å²) >= 11 is 0. The van der Waals surface area contributed by atoms with Crippen molar-refractivity contribution < 1.29 is 39.2 Å². The molecule has 0 saturated carbocycles. The zero-order chi connectivity index (χ0) is 19.1. The molecule has 1 aliphatic carbocycles. The Morgan fingerprint density at radius 1 is 1.32 bits per heavy atom. The lowest BCUT2D eigenvalue weighted by Crippen LogP contribution is -2.60. The predicted octanol–water partition coefficient (Wildman–Crippen LogP) is -1.37. The summed E-state index contributed by atoms with van der Waals surface area (Å²) in [5.74, 6) is -3.85. The number of carbonyl (C=O) groups excluding carboxylic acids is 2. The quantitative estimate of drug-likeness (QED) is 0.329. The molecule has 0 aromatic carbocycles. The molecule has 0 aliphatic heterocycles. The third kappa shape index (κ3) is 6.16. The van der Waals surface area contributed by atoms with Gasteiger partial charge in [-0.25, -0.2) is 4.79 Å². The summed E-state index contributed by atoms with van der Waals surface area (Å²) in [6.07, 6.45) is -0.768. The van der Waals surface area contributed by atoms with Crippen LogP contribution in [0.25, 0.3) is 0 Å². The lowest BCUT2D eigenvalue weighted by molar-refractivity contribution is -0.146. The van der Waals surface area contributed by atoms with Crippen molar-refractivity contribution in [3.05, 3.63) is 11.6 Å². The first-order chi connectivity index (χ1) is 11.6. The van der Waals surface area contributed by atoms with Crippen LogP contribution in [0.2, 0.25) is 0 Å². The number of ether oxygens (including phenoxy) is 1. The molecule has 25 heavy (non-hydrogen) atoms. The summed E-state index contributed by atoms with van der Waals surface area (Å²) in [7, 11) is 0. The number of hydrogen-bond acceptors (Lipinski definition) is 7. The predicted molar refractivity (Wildman–Crippen MR) is 83.5 cm³/mol. The van der Waals surface area contributed by atoms with Crippen molar-refractivity contribution in [2.45, 2.75) is 50.9 Å². The van der Waals surface area contributed by atoms with Crippen LogP contribution in [-0.4, -0.2) is 70.0 Å². The smallest absolute Gasteiger partial charge is 0.333 e. The third-order valence-electron chi connectivity index (χ3n) is 3.61. The molecule has 1 unspecified atom stereocenters. The summed E-state index contributed by atoms with van der Waals surface area (Å²) < 4.78 is 4.87. The van der Waals surface area contributed by atoms with Crippen LogP contribution in [0.5, 0.6) is 0 Å². The van der Waals surface area contributed by atoms with Gasteiger partial charge in [0, 0.05) is 18.5 Å². The number of hydrogen-bond donors (Lipinski definition) is 5. The molecular weight excluding hydrogens is 336 g/mol. The van der Waals surface area contributed by atoms with E-state index in [1.807, 2.05) is 0 Å². The molecule has 0 saturated heterocycles. The molecule has 0 spiro atoms. The van der Waals surface area contributed by atoms with E-state index in [1.54, 1.807) is 6.92 Å². The average molecular weight is 358 g/mol. The maximum absolute atomic E-state index is 11.9. The van der Waals surface area contributed by atoms with Gasteiger partial charge in [-0.3, -0.25) is 19.7 Å². The SMILES string of the molecule is CCOC(=O)C1=C[C@@H](O)[C@H](NC(C)=O)[C@@H](NC(CC(=O)O)C(=O)O)C1. The van der Waals surface area contributed by atoms with Crippen molar-refractivity contribution in [1.82, 2.24) is 10.6 Å². The Balaban J connectivity index is 3.05. The van der Waals surface area contributed by atoms with E-state index in [0.717, 1.165) is 0 Å². The highest BCUT2D eigenvalue weighted by atomic mass is 16.5. The molecule has 0 bridgehead atoms. The van der Waals surface area contributed by atoms with Crippen LogP contribution in [-0.2, 0) is 23.9 Å². The summed E-state index contributed by atoms with van der Waals surface area (Å²) in [5, 5.41) is 33.3. The topological polar surface area (TPSA) is 162 Å². The Morgan fingerprint density at radius 2 is 1.96 bits per heavy atom. The largest absolute Gasteiger partial charge is 0.481 e. The van der Waals surface area contributed by atoms with Gasteiger partial charge >= 0.3 is 17.9 Å². The molecule has 0 aromatic rings. The van der Waals surface area contributed by atoms with Gasteiger partial charge in [-0.1, -0.05) is 0 Å². The second kappa shape index (κ2) is 9.14. The van der Waals surface area contributed by atoms with Crippen LogP contribution in [0, 0.1) is 0 Å². The standard InChI is InChI=1S/C15H22N2O8/c1-3-25-15(24)8-4-9(13(11(19)5-8)16-7(2)18)17-10(14(22)23)6-12(20)21/h5,9-11,13,17,19H,3-4,6H2,1-2H3,(H,16,18)(H,20,21)(H,22,23)/t9-,10?,11+,13+/m0/s1. The number of rotatable bonds is 8. The number of carboxylic acid groups (broad SMARTS) is 2. The van der Waals surface area contributed by atoms with Crippen LogP contribution < -0.4 is 10.6 Å². The number of carbonyl (C=O) groups is 4. The van der Waals surface area contributed by atoms with E-state index in [2.05, 4.69) is 10.6 Å². The number of carboxylic acids is 2. The van der Waals surface area contributed by atoms with Crippen molar-refractivity contribution in [2.75, 3.05) is 6.61 Å². The zero-order valence-electron chi connectivity index (χ0n) is 13.9. The summed E-state index contributed by atoms with van der Waals surface area (Å²) in [5.41, 5.74) is 0.118. The Kier molecular flexibility index (Phi) is 7.52. The van der Waals surface area contributed by atoms with Crippen LogP contribution in [0.3, 0.4) is 0 Å². The van der Waals surface area contributed by atoms with E-state index in [0.29, 0.717) is 0 Å². The Hall–Kier alpha value is -2.46. The highest BCUT2D eigenvalue weighted by Gasteiger charge is 2.37. The van der Waals surface area contributed by atoms with Gasteiger partial charge in [0.2, 0.25) is 5.91 Å². The van der Waals surface area contributed by atoms with E-state index < -0.39 is 54.5 Å². The van der Waals surface area contributed by atoms with E-state index in [-0.39, 0.29) is 18.6 Å². The fraction of sp³-hybridized carbons (Fsp3) is 0.600. The number of esters is 1. The van der Waals surface area contributed by atoms with Crippen LogP contribution in [0.15, 0.2) is 11.6 Å². The summed E-state index contributed by atoms with van der Waals surface area (Å²) in [6, 6.07) is -3.25. The van der Waals surface area contributed by atoms with Gasteiger partial charge in [-0.15, -0.1) is 0 Å². The van der Waals surface area contributed by atoms with Gasteiger partial charge in [-0.2, -0.15) is 0 Å². The minimum absolute atomic E-state index is 0.0375. The Labute approximate surface area is 143 Å². The van der Waals surface area contributed by atoms with Gasteiger partial charge < -0.3 is 25.4 Å². The molecule has 0 fully saturated rings. The Morgan fingerprint density at radius 3 is 2.44 bits per heavy atom. The van der Waals surface area contributed by atoms with Gasteiger partial charge in [0.1, 0.15) is 6.04 Å². The fourth-order valence-electron chi connectivity index (χ4n) is 2.59. The minimum Gasteiger partial charge on any atom is -0.481 e. The highest BCUT2D eigenvalue weighted by molar-refractivity contribution is 5.89. The average Bonchev–Trinajstić information content (AvgIpc) is 2.48. The lowest BCUT2D eigenvalue weighted by atomic mass is 9.87. The molecule has 140 valence electrons. The molecule has 10 nitrogen and oxygen atoms in total. The number of aliphatic hydroxyl groups excluding tert-OH is 1. The van der Waals surface area contributed by atoms with E-state index in [9.17, 15) is 24.3 Å². The van der Waals surface area contributed by atoms with Gasteiger partial charge in [0.25, 0.3) is 0 Å². The molecule has 5 N–H and O–H groups in total. The first-order valence-electron chi connectivity index (χ1n) is 7.69. The second-order valence-electron chi connectivity index (χ2n) is 5.60. The maximum Gasteiger partial charge on any atom is 0.333 e. The molecule has 10 heteroatoms. The molecule has 1 rings (SSSR count). The first kappa shape index (κ1) is 20.6. The second-order valence-corrected chi connectivity index (χ2v) is 5.60. The van der Waals surface area contributed by atoms with Crippen molar-refractivity contribution in [3.8, 4) is 0 Å². The fourth-order valence-corrected chi connectivity index (χ4v) is 2.59. The van der Waals surface area contributed by atoms with Crippen molar-refractivity contribution in [3.63, 3.8) is 0 Å². The van der Waals surface area contributed by atoms with Crippen LogP contribution in [0.4, 0.5) is 0 Å². The molecule has 0 radical (unpaired) electrons. The molecule has 0 heterocycles. The van der Waals surface area contributed by atoms with Crippen molar-refractivity contribution in [1.29, 1.82) is 0 Å². The summed E-state index contributed by atoms with van der Waals surface area (Å²) in [6.45, 7) is 2.96. The highest BCUT2D eigenvalue weighted by Crippen LogP contribution is 2.22. The van der Waals surface area contributed by atoms with Gasteiger partial charge in [0.05, 0.1) is 25.2 Å². The number of aliphatic carboxylic acids is 2. The number of aliphatic hydroxyl groups is 1. The zero-order valence-corrected chi connectivity index (χ0v) is 13.9. The Bertz CT molecular complexity index is 574. The molecule has 1 aliphatic rings. The normalized spacial score (nSPS) is 24.0.